The summed E-state index contributed by atoms with van der Waals surface area (Å²) in [5, 5.41) is 17.7. The summed E-state index contributed by atoms with van der Waals surface area (Å²) in [5.74, 6) is -2.31. The first kappa shape index (κ1) is 17.3. The Morgan fingerprint density at radius 1 is 1.22 bits per heavy atom. The van der Waals surface area contributed by atoms with E-state index in [9.17, 15) is 13.6 Å². The molecule has 0 spiro atoms. The molecule has 0 saturated heterocycles. The molecule has 0 atom stereocenters. The fourth-order valence-corrected chi connectivity index (χ4v) is 1.93. The minimum Gasteiger partial charge on any atom is -0.492 e. The summed E-state index contributed by atoms with van der Waals surface area (Å²) in [4.78, 5) is 12.1. The van der Waals surface area contributed by atoms with E-state index >= 15 is 0 Å². The van der Waals surface area contributed by atoms with Crippen LogP contribution in [-0.2, 0) is 4.74 Å². The molecule has 0 unspecified atom stereocenters. The zero-order valence-corrected chi connectivity index (χ0v) is 12.4. The van der Waals surface area contributed by atoms with Crippen molar-refractivity contribution in [2.45, 2.75) is 26.1 Å². The SMILES string of the molecule is CC1(C)OC(=O)c2c(OCC(F)F)ccc(OCB(O)O)c2O1. The molecule has 1 aliphatic rings. The van der Waals surface area contributed by atoms with E-state index in [0.717, 1.165) is 0 Å². The van der Waals surface area contributed by atoms with Crippen LogP contribution in [0.25, 0.3) is 0 Å². The number of ether oxygens (including phenoxy) is 4. The lowest BCUT2D eigenvalue weighted by molar-refractivity contribution is -0.128. The lowest BCUT2D eigenvalue weighted by Gasteiger charge is -2.33. The van der Waals surface area contributed by atoms with E-state index in [2.05, 4.69) is 0 Å². The van der Waals surface area contributed by atoms with Gasteiger partial charge in [-0.3, -0.25) is 0 Å². The van der Waals surface area contributed by atoms with Crippen molar-refractivity contribution in [1.82, 2.24) is 0 Å². The summed E-state index contributed by atoms with van der Waals surface area (Å²) in [6.07, 6.45) is -2.72. The minimum absolute atomic E-state index is 0.0298. The van der Waals surface area contributed by atoms with Crippen molar-refractivity contribution in [3.05, 3.63) is 17.7 Å². The Hall–Kier alpha value is -2.07. The standard InChI is InChI=1S/C13H15BF2O7/c1-13(2)22-11-8(21-6-14(18)19)4-3-7(20-5-9(15)16)10(11)12(17)23-13/h3-4,9,18-19H,5-6H2,1-2H3. The van der Waals surface area contributed by atoms with Crippen LogP contribution < -0.4 is 14.2 Å². The summed E-state index contributed by atoms with van der Waals surface area (Å²) in [6.45, 7) is 1.58. The second kappa shape index (κ2) is 6.59. The highest BCUT2D eigenvalue weighted by Gasteiger charge is 2.38. The van der Waals surface area contributed by atoms with Gasteiger partial charge < -0.3 is 29.0 Å². The van der Waals surface area contributed by atoms with Crippen LogP contribution >= 0.6 is 0 Å². The van der Waals surface area contributed by atoms with Crippen LogP contribution in [0, 0.1) is 0 Å². The first-order valence-electron chi connectivity index (χ1n) is 6.69. The van der Waals surface area contributed by atoms with Gasteiger partial charge in [0.05, 0.1) is 0 Å². The van der Waals surface area contributed by atoms with Gasteiger partial charge in [0, 0.05) is 13.8 Å². The van der Waals surface area contributed by atoms with E-state index in [-0.39, 0.29) is 22.8 Å². The van der Waals surface area contributed by atoms with Crippen molar-refractivity contribution < 1.29 is 42.6 Å². The molecule has 0 bridgehead atoms. The average Bonchev–Trinajstić information content (AvgIpc) is 2.41. The molecule has 1 aromatic rings. The minimum atomic E-state index is -2.72. The van der Waals surface area contributed by atoms with Crippen molar-refractivity contribution in [2.75, 3.05) is 13.1 Å². The Morgan fingerprint density at radius 3 is 2.48 bits per heavy atom. The number of cyclic esters (lactones) is 1. The third-order valence-corrected chi connectivity index (χ3v) is 2.73. The largest absolute Gasteiger partial charge is 0.492 e. The van der Waals surface area contributed by atoms with Crippen molar-refractivity contribution in [1.29, 1.82) is 0 Å². The first-order chi connectivity index (χ1) is 10.7. The van der Waals surface area contributed by atoms with Gasteiger partial charge in [0.25, 0.3) is 6.43 Å². The van der Waals surface area contributed by atoms with E-state index in [1.165, 1.54) is 26.0 Å². The third-order valence-electron chi connectivity index (χ3n) is 2.73. The van der Waals surface area contributed by atoms with Crippen LogP contribution in [0.1, 0.15) is 24.2 Å². The molecular formula is C13H15BF2O7. The lowest BCUT2D eigenvalue weighted by atomic mass is 9.95. The van der Waals surface area contributed by atoms with Gasteiger partial charge in [-0.25, -0.2) is 13.6 Å². The molecule has 0 aromatic heterocycles. The number of alkyl halides is 2. The van der Waals surface area contributed by atoms with Crippen LogP contribution in [-0.4, -0.2) is 48.5 Å². The number of carbonyl (C=O) groups is 1. The summed E-state index contributed by atoms with van der Waals surface area (Å²) < 4.78 is 45.2. The predicted octanol–water partition coefficient (Wildman–Crippen LogP) is 1.01. The molecule has 10 heteroatoms. The van der Waals surface area contributed by atoms with Crippen molar-refractivity contribution in [2.24, 2.45) is 0 Å². The third kappa shape index (κ3) is 4.23. The van der Waals surface area contributed by atoms with Crippen LogP contribution in [0.4, 0.5) is 8.78 Å². The number of rotatable bonds is 6. The molecule has 0 saturated carbocycles. The summed E-state index contributed by atoms with van der Waals surface area (Å²) in [5.41, 5.74) is -0.199. The number of benzene rings is 1. The van der Waals surface area contributed by atoms with Crippen molar-refractivity contribution in [3.63, 3.8) is 0 Å². The monoisotopic (exact) mass is 332 g/mol. The van der Waals surface area contributed by atoms with Gasteiger partial charge in [-0.1, -0.05) is 0 Å². The molecule has 1 aromatic carbocycles. The highest BCUT2D eigenvalue weighted by atomic mass is 19.3. The predicted molar refractivity (Wildman–Crippen MR) is 73.8 cm³/mol. The summed E-state index contributed by atoms with van der Waals surface area (Å²) >= 11 is 0. The Labute approximate surface area is 130 Å². The van der Waals surface area contributed by atoms with E-state index in [1.807, 2.05) is 0 Å². The Balaban J connectivity index is 2.40. The number of halogens is 2. The molecule has 0 amide bonds. The maximum atomic E-state index is 12.3. The molecule has 2 N–H and O–H groups in total. The fraction of sp³-hybridized carbons (Fsp3) is 0.462. The van der Waals surface area contributed by atoms with Crippen molar-refractivity contribution >= 4 is 13.1 Å². The molecule has 2 rings (SSSR count). The van der Waals surface area contributed by atoms with Gasteiger partial charge in [-0.05, 0) is 12.1 Å². The summed E-state index contributed by atoms with van der Waals surface area (Å²) in [7, 11) is -1.73. The first-order valence-corrected chi connectivity index (χ1v) is 6.69. The maximum absolute atomic E-state index is 12.3. The molecule has 23 heavy (non-hydrogen) atoms. The van der Waals surface area contributed by atoms with Crippen LogP contribution in [0.2, 0.25) is 0 Å². The second-order valence-corrected chi connectivity index (χ2v) is 5.15. The fourth-order valence-electron chi connectivity index (χ4n) is 1.93. The quantitative estimate of drug-likeness (QED) is 0.593. The lowest BCUT2D eigenvalue weighted by Crippen LogP contribution is -2.39. The molecule has 1 aliphatic heterocycles. The zero-order valence-electron chi connectivity index (χ0n) is 12.4. The highest BCUT2D eigenvalue weighted by Crippen LogP contribution is 2.43. The van der Waals surface area contributed by atoms with Gasteiger partial charge in [-0.2, -0.15) is 0 Å². The molecule has 7 nitrogen and oxygen atoms in total. The van der Waals surface area contributed by atoms with E-state index in [1.54, 1.807) is 0 Å². The maximum Gasteiger partial charge on any atom is 0.491 e. The zero-order chi connectivity index (χ0) is 17.2. The average molecular weight is 332 g/mol. The number of carbonyl (C=O) groups excluding carboxylic acids is 1. The van der Waals surface area contributed by atoms with Gasteiger partial charge in [0.1, 0.15) is 24.4 Å². The number of hydrogen-bond donors (Lipinski definition) is 2. The van der Waals surface area contributed by atoms with Gasteiger partial charge in [-0.15, -0.1) is 0 Å². The highest BCUT2D eigenvalue weighted by molar-refractivity contribution is 6.40. The Morgan fingerprint density at radius 2 is 1.87 bits per heavy atom. The number of esters is 1. The molecule has 126 valence electrons. The second-order valence-electron chi connectivity index (χ2n) is 5.15. The Bertz CT molecular complexity index is 592. The van der Waals surface area contributed by atoms with Crippen molar-refractivity contribution in [3.8, 4) is 17.2 Å². The van der Waals surface area contributed by atoms with E-state index in [0.29, 0.717) is 0 Å². The molecule has 1 heterocycles. The van der Waals surface area contributed by atoms with Gasteiger partial charge >= 0.3 is 13.1 Å². The van der Waals surface area contributed by atoms with Crippen LogP contribution in [0.15, 0.2) is 12.1 Å². The van der Waals surface area contributed by atoms with E-state index in [4.69, 9.17) is 29.0 Å². The van der Waals surface area contributed by atoms with Crippen LogP contribution in [0.3, 0.4) is 0 Å². The molecular weight excluding hydrogens is 317 g/mol. The number of fused-ring (bicyclic) bond motifs is 1. The number of hydrogen-bond acceptors (Lipinski definition) is 7. The molecule has 0 aliphatic carbocycles. The van der Waals surface area contributed by atoms with Crippen LogP contribution in [0.5, 0.6) is 17.2 Å². The van der Waals surface area contributed by atoms with E-state index < -0.39 is 38.4 Å². The Kier molecular flexibility index (Phi) is 4.95. The van der Waals surface area contributed by atoms with Gasteiger partial charge in [0.15, 0.2) is 11.5 Å². The smallest absolute Gasteiger partial charge is 0.491 e. The molecule has 0 radical (unpaired) electrons. The molecule has 0 fully saturated rings. The van der Waals surface area contributed by atoms with Gasteiger partial charge in [0.2, 0.25) is 5.79 Å². The summed E-state index contributed by atoms with van der Waals surface area (Å²) in [6, 6.07) is 2.56. The normalized spacial score (nSPS) is 15.5. The topological polar surface area (TPSA) is 94.5 Å².